The van der Waals surface area contributed by atoms with Gasteiger partial charge in [0.15, 0.2) is 0 Å². The number of urea groups is 1. The fourth-order valence-electron chi connectivity index (χ4n) is 3.36. The Balaban J connectivity index is 1.76. The van der Waals surface area contributed by atoms with Gasteiger partial charge >= 0.3 is 6.03 Å². The SMILES string of the molecule is Cc1ccc2c(c1)C1(NC(=O)NC1=O)C(=O)N2CCn1cccc1. The summed E-state index contributed by atoms with van der Waals surface area (Å²) in [6, 6.07) is 8.68. The number of benzene rings is 1. The molecule has 1 atom stereocenters. The topological polar surface area (TPSA) is 83.4 Å². The number of nitrogens with zero attached hydrogens (tertiary/aromatic N) is 2. The van der Waals surface area contributed by atoms with E-state index in [0.717, 1.165) is 5.56 Å². The van der Waals surface area contributed by atoms with Crippen molar-refractivity contribution in [2.75, 3.05) is 11.4 Å². The first-order valence-electron chi connectivity index (χ1n) is 7.70. The van der Waals surface area contributed by atoms with Gasteiger partial charge < -0.3 is 14.8 Å². The minimum Gasteiger partial charge on any atom is -0.352 e. The lowest BCUT2D eigenvalue weighted by Crippen LogP contribution is -2.52. The summed E-state index contributed by atoms with van der Waals surface area (Å²) in [5.74, 6) is -1.04. The minimum atomic E-state index is -1.64. The van der Waals surface area contributed by atoms with Gasteiger partial charge in [-0.2, -0.15) is 0 Å². The summed E-state index contributed by atoms with van der Waals surface area (Å²) < 4.78 is 1.96. The molecular formula is C17H16N4O3. The summed E-state index contributed by atoms with van der Waals surface area (Å²) in [5.41, 5.74) is 0.468. The summed E-state index contributed by atoms with van der Waals surface area (Å²) in [4.78, 5) is 38.7. The molecule has 7 heteroatoms. The van der Waals surface area contributed by atoms with Crippen molar-refractivity contribution in [3.05, 3.63) is 53.9 Å². The Hall–Kier alpha value is -3.09. The molecule has 0 radical (unpaired) electrons. The van der Waals surface area contributed by atoms with Crippen molar-refractivity contribution in [3.8, 4) is 0 Å². The number of nitrogens with one attached hydrogen (secondary N) is 2. The molecule has 1 saturated heterocycles. The van der Waals surface area contributed by atoms with E-state index in [1.165, 1.54) is 0 Å². The number of aromatic nitrogens is 1. The van der Waals surface area contributed by atoms with Crippen molar-refractivity contribution >= 4 is 23.5 Å². The second-order valence-electron chi connectivity index (χ2n) is 6.06. The van der Waals surface area contributed by atoms with Gasteiger partial charge in [0.2, 0.25) is 5.54 Å². The maximum Gasteiger partial charge on any atom is 0.323 e. The Kier molecular flexibility index (Phi) is 2.99. The number of carbonyl (C=O) groups excluding carboxylic acids is 3. The van der Waals surface area contributed by atoms with Crippen LogP contribution < -0.4 is 15.5 Å². The molecule has 1 aromatic carbocycles. The van der Waals surface area contributed by atoms with Crippen LogP contribution >= 0.6 is 0 Å². The predicted molar refractivity (Wildman–Crippen MR) is 86.3 cm³/mol. The lowest BCUT2D eigenvalue weighted by molar-refractivity contribution is -0.133. The molecule has 1 spiro atoms. The Labute approximate surface area is 138 Å². The number of amides is 4. The quantitative estimate of drug-likeness (QED) is 0.649. The molecule has 2 N–H and O–H groups in total. The average Bonchev–Trinajstić information content (AvgIpc) is 3.20. The average molecular weight is 324 g/mol. The van der Waals surface area contributed by atoms with Gasteiger partial charge in [-0.1, -0.05) is 17.7 Å². The second-order valence-corrected chi connectivity index (χ2v) is 6.06. The number of anilines is 1. The number of carbonyl (C=O) groups is 3. The maximum absolute atomic E-state index is 13.1. The highest BCUT2D eigenvalue weighted by Gasteiger charge is 2.61. The third-order valence-corrected chi connectivity index (χ3v) is 4.53. The zero-order chi connectivity index (χ0) is 16.9. The molecule has 4 amide bonds. The zero-order valence-corrected chi connectivity index (χ0v) is 13.1. The molecule has 0 aliphatic carbocycles. The smallest absolute Gasteiger partial charge is 0.323 e. The number of hydrogen-bond donors (Lipinski definition) is 2. The number of aryl methyl sites for hydroxylation is 1. The van der Waals surface area contributed by atoms with E-state index in [0.29, 0.717) is 24.3 Å². The van der Waals surface area contributed by atoms with Gasteiger partial charge in [0.1, 0.15) is 0 Å². The third-order valence-electron chi connectivity index (χ3n) is 4.53. The largest absolute Gasteiger partial charge is 0.352 e. The Morgan fingerprint density at radius 3 is 2.50 bits per heavy atom. The van der Waals surface area contributed by atoms with E-state index in [1.54, 1.807) is 11.0 Å². The lowest BCUT2D eigenvalue weighted by Gasteiger charge is -2.21. The molecule has 0 saturated carbocycles. The zero-order valence-electron chi connectivity index (χ0n) is 13.1. The fraction of sp³-hybridized carbons (Fsp3) is 0.235. The second kappa shape index (κ2) is 4.95. The Morgan fingerprint density at radius 2 is 1.83 bits per heavy atom. The van der Waals surface area contributed by atoms with Gasteiger partial charge in [0.05, 0.1) is 5.69 Å². The van der Waals surface area contributed by atoms with Crippen LogP contribution in [-0.2, 0) is 21.7 Å². The molecule has 1 unspecified atom stereocenters. The van der Waals surface area contributed by atoms with E-state index in [9.17, 15) is 14.4 Å². The molecule has 2 aliphatic rings. The van der Waals surface area contributed by atoms with E-state index in [-0.39, 0.29) is 0 Å². The van der Waals surface area contributed by atoms with Gasteiger partial charge in [-0.05, 0) is 25.1 Å². The van der Waals surface area contributed by atoms with Gasteiger partial charge in [-0.25, -0.2) is 4.79 Å². The van der Waals surface area contributed by atoms with E-state index in [1.807, 2.05) is 48.1 Å². The molecule has 4 rings (SSSR count). The summed E-state index contributed by atoms with van der Waals surface area (Å²) in [7, 11) is 0. The molecule has 2 aromatic rings. The summed E-state index contributed by atoms with van der Waals surface area (Å²) in [6.45, 7) is 2.89. The van der Waals surface area contributed by atoms with Gasteiger partial charge in [-0.3, -0.25) is 14.9 Å². The number of imide groups is 1. The number of fused-ring (bicyclic) bond motifs is 2. The monoisotopic (exact) mass is 324 g/mol. The first kappa shape index (κ1) is 14.5. The summed E-state index contributed by atoms with van der Waals surface area (Å²) in [6.07, 6.45) is 3.83. The van der Waals surface area contributed by atoms with Crippen LogP contribution in [0.25, 0.3) is 0 Å². The van der Waals surface area contributed by atoms with Crippen LogP contribution in [0.5, 0.6) is 0 Å². The molecule has 2 aliphatic heterocycles. The van der Waals surface area contributed by atoms with E-state index in [4.69, 9.17) is 0 Å². The van der Waals surface area contributed by atoms with E-state index < -0.39 is 23.4 Å². The van der Waals surface area contributed by atoms with Crippen LogP contribution in [0.4, 0.5) is 10.5 Å². The molecule has 1 fully saturated rings. The highest BCUT2D eigenvalue weighted by atomic mass is 16.2. The molecule has 7 nitrogen and oxygen atoms in total. The highest BCUT2D eigenvalue weighted by molar-refractivity contribution is 6.27. The molecular weight excluding hydrogens is 308 g/mol. The van der Waals surface area contributed by atoms with Crippen LogP contribution in [0.2, 0.25) is 0 Å². The normalized spacial score (nSPS) is 22.0. The van der Waals surface area contributed by atoms with Crippen molar-refractivity contribution in [1.82, 2.24) is 15.2 Å². The minimum absolute atomic E-state index is 0.411. The highest BCUT2D eigenvalue weighted by Crippen LogP contribution is 2.42. The number of hydrogen-bond acceptors (Lipinski definition) is 3. The van der Waals surface area contributed by atoms with E-state index >= 15 is 0 Å². The molecule has 24 heavy (non-hydrogen) atoms. The maximum atomic E-state index is 13.1. The van der Waals surface area contributed by atoms with Crippen LogP contribution in [0.1, 0.15) is 11.1 Å². The van der Waals surface area contributed by atoms with E-state index in [2.05, 4.69) is 10.6 Å². The van der Waals surface area contributed by atoms with Crippen molar-refractivity contribution in [2.45, 2.75) is 19.0 Å². The first-order chi connectivity index (χ1) is 11.5. The van der Waals surface area contributed by atoms with Crippen molar-refractivity contribution in [2.24, 2.45) is 0 Å². The molecule has 0 bridgehead atoms. The van der Waals surface area contributed by atoms with Crippen molar-refractivity contribution < 1.29 is 14.4 Å². The molecule has 122 valence electrons. The Morgan fingerprint density at radius 1 is 1.08 bits per heavy atom. The van der Waals surface area contributed by atoms with Crippen LogP contribution in [0.3, 0.4) is 0 Å². The number of rotatable bonds is 3. The van der Waals surface area contributed by atoms with Gasteiger partial charge in [-0.15, -0.1) is 0 Å². The van der Waals surface area contributed by atoms with Crippen molar-refractivity contribution in [3.63, 3.8) is 0 Å². The van der Waals surface area contributed by atoms with Gasteiger partial charge in [0, 0.05) is 31.0 Å². The summed E-state index contributed by atoms with van der Waals surface area (Å²) >= 11 is 0. The van der Waals surface area contributed by atoms with Gasteiger partial charge in [0.25, 0.3) is 11.8 Å². The molecule has 1 aromatic heterocycles. The fourth-order valence-corrected chi connectivity index (χ4v) is 3.36. The third kappa shape index (κ3) is 1.87. The van der Waals surface area contributed by atoms with Crippen LogP contribution in [-0.4, -0.2) is 29.0 Å². The lowest BCUT2D eigenvalue weighted by atomic mass is 9.90. The molecule has 3 heterocycles. The standard InChI is InChI=1S/C17H16N4O3/c1-11-4-5-13-12(10-11)17(14(22)18-16(24)19-17)15(23)21(13)9-8-20-6-2-3-7-20/h2-7,10H,8-9H2,1H3,(H2,18,19,22,24). The Bertz CT molecular complexity index is 859. The summed E-state index contributed by atoms with van der Waals surface area (Å²) in [5, 5.41) is 4.73. The first-order valence-corrected chi connectivity index (χ1v) is 7.70. The van der Waals surface area contributed by atoms with Crippen molar-refractivity contribution in [1.29, 1.82) is 0 Å². The van der Waals surface area contributed by atoms with Crippen LogP contribution in [0.15, 0.2) is 42.7 Å². The predicted octanol–water partition coefficient (Wildman–Crippen LogP) is 0.878. The van der Waals surface area contributed by atoms with Crippen LogP contribution in [0, 0.1) is 6.92 Å².